The molecule has 1 saturated heterocycles. The third-order valence-electron chi connectivity index (χ3n) is 2.85. The van der Waals surface area contributed by atoms with Gasteiger partial charge in [-0.3, -0.25) is 5.43 Å². The number of morpholine rings is 1. The maximum absolute atomic E-state index is 13.1. The zero-order valence-electron chi connectivity index (χ0n) is 10.1. The van der Waals surface area contributed by atoms with Gasteiger partial charge in [0.05, 0.1) is 18.8 Å². The van der Waals surface area contributed by atoms with Crippen LogP contribution >= 0.6 is 0 Å². The molecule has 0 saturated carbocycles. The van der Waals surface area contributed by atoms with Crippen molar-refractivity contribution in [2.75, 3.05) is 26.3 Å². The summed E-state index contributed by atoms with van der Waals surface area (Å²) in [6.45, 7) is 2.75. The van der Waals surface area contributed by atoms with Gasteiger partial charge in [-0.1, -0.05) is 6.07 Å². The van der Waals surface area contributed by atoms with Crippen LogP contribution in [-0.2, 0) is 17.5 Å². The monoisotopic (exact) mass is 278 g/mol. The van der Waals surface area contributed by atoms with Crippen molar-refractivity contribution in [1.82, 2.24) is 10.4 Å². The number of hydrazine groups is 1. The molecule has 1 aromatic rings. The lowest BCUT2D eigenvalue weighted by Gasteiger charge is -2.27. The van der Waals surface area contributed by atoms with Crippen LogP contribution < -0.4 is 5.43 Å². The molecule has 1 fully saturated rings. The first-order chi connectivity index (χ1) is 8.97. The molecule has 0 unspecified atom stereocenters. The standard InChI is InChI=1S/C12H14F4N2O/c13-11-2-1-9(7-10(11)12(14,15)16)8-17-18-3-5-19-6-4-18/h1-2,7,17H,3-6,8H2. The number of hydrogen-bond acceptors (Lipinski definition) is 3. The number of nitrogens with one attached hydrogen (secondary N) is 1. The van der Waals surface area contributed by atoms with Gasteiger partial charge >= 0.3 is 6.18 Å². The van der Waals surface area contributed by atoms with E-state index >= 15 is 0 Å². The number of nitrogens with zero attached hydrogens (tertiary/aromatic N) is 1. The van der Waals surface area contributed by atoms with Crippen LogP contribution in [0.3, 0.4) is 0 Å². The van der Waals surface area contributed by atoms with Crippen molar-refractivity contribution in [3.8, 4) is 0 Å². The van der Waals surface area contributed by atoms with Crippen LogP contribution in [0, 0.1) is 5.82 Å². The number of ether oxygens (including phenoxy) is 1. The molecule has 0 atom stereocenters. The zero-order chi connectivity index (χ0) is 13.9. The molecule has 0 amide bonds. The Morgan fingerprint density at radius 2 is 1.89 bits per heavy atom. The highest BCUT2D eigenvalue weighted by Gasteiger charge is 2.34. The molecule has 0 aromatic heterocycles. The van der Waals surface area contributed by atoms with Crippen molar-refractivity contribution in [2.24, 2.45) is 0 Å². The third-order valence-corrected chi connectivity index (χ3v) is 2.85. The van der Waals surface area contributed by atoms with Crippen molar-refractivity contribution in [3.05, 3.63) is 35.1 Å². The second kappa shape index (κ2) is 5.85. The van der Waals surface area contributed by atoms with Crippen molar-refractivity contribution in [3.63, 3.8) is 0 Å². The van der Waals surface area contributed by atoms with Crippen LogP contribution in [0.25, 0.3) is 0 Å². The van der Waals surface area contributed by atoms with Crippen LogP contribution in [0.15, 0.2) is 18.2 Å². The van der Waals surface area contributed by atoms with E-state index in [1.54, 1.807) is 0 Å². The van der Waals surface area contributed by atoms with Gasteiger partial charge in [0.1, 0.15) is 5.82 Å². The summed E-state index contributed by atoms with van der Waals surface area (Å²) >= 11 is 0. The smallest absolute Gasteiger partial charge is 0.379 e. The van der Waals surface area contributed by atoms with Gasteiger partial charge < -0.3 is 4.74 Å². The van der Waals surface area contributed by atoms with E-state index in [1.807, 2.05) is 5.01 Å². The quantitative estimate of drug-likeness (QED) is 0.858. The Balaban J connectivity index is 2.00. The lowest BCUT2D eigenvalue weighted by Crippen LogP contribution is -2.45. The molecular weight excluding hydrogens is 264 g/mol. The normalized spacial score (nSPS) is 17.7. The molecule has 19 heavy (non-hydrogen) atoms. The van der Waals surface area contributed by atoms with E-state index < -0.39 is 17.6 Å². The Hall–Kier alpha value is -1.18. The summed E-state index contributed by atoms with van der Waals surface area (Å²) in [5.74, 6) is -1.25. The fourth-order valence-electron chi connectivity index (χ4n) is 1.82. The molecule has 0 radical (unpaired) electrons. The molecule has 3 nitrogen and oxygen atoms in total. The predicted octanol–water partition coefficient (Wildman–Crippen LogP) is 2.18. The minimum atomic E-state index is -4.67. The van der Waals surface area contributed by atoms with Crippen LogP contribution in [0.4, 0.5) is 17.6 Å². The summed E-state index contributed by atoms with van der Waals surface area (Å²) < 4.78 is 55.9. The number of hydrogen-bond donors (Lipinski definition) is 1. The second-order valence-corrected chi connectivity index (χ2v) is 4.25. The van der Waals surface area contributed by atoms with Crippen LogP contribution in [0.2, 0.25) is 0 Å². The molecule has 1 aliphatic rings. The molecule has 2 rings (SSSR count). The van der Waals surface area contributed by atoms with Gasteiger partial charge in [-0.15, -0.1) is 0 Å². The number of halogens is 4. The number of rotatable bonds is 3. The highest BCUT2D eigenvalue weighted by Crippen LogP contribution is 2.31. The maximum Gasteiger partial charge on any atom is 0.419 e. The topological polar surface area (TPSA) is 24.5 Å². The molecule has 0 bridgehead atoms. The molecule has 106 valence electrons. The lowest BCUT2D eigenvalue weighted by molar-refractivity contribution is -0.140. The van der Waals surface area contributed by atoms with E-state index in [2.05, 4.69) is 5.43 Å². The van der Waals surface area contributed by atoms with Gasteiger partial charge in [-0.05, 0) is 17.7 Å². The molecule has 1 aromatic carbocycles. The third kappa shape index (κ3) is 3.89. The first-order valence-corrected chi connectivity index (χ1v) is 5.88. The van der Waals surface area contributed by atoms with E-state index in [-0.39, 0.29) is 6.54 Å². The van der Waals surface area contributed by atoms with Gasteiger partial charge in [0.25, 0.3) is 0 Å². The lowest BCUT2D eigenvalue weighted by atomic mass is 10.1. The Labute approximate surface area is 108 Å². The van der Waals surface area contributed by atoms with E-state index in [4.69, 9.17) is 4.74 Å². The summed E-state index contributed by atoms with van der Waals surface area (Å²) in [7, 11) is 0. The van der Waals surface area contributed by atoms with E-state index in [0.29, 0.717) is 31.9 Å². The summed E-state index contributed by atoms with van der Waals surface area (Å²) in [6.07, 6.45) is -4.67. The molecular formula is C12H14F4N2O. The van der Waals surface area contributed by atoms with E-state index in [0.717, 1.165) is 12.1 Å². The van der Waals surface area contributed by atoms with E-state index in [1.165, 1.54) is 6.07 Å². The Morgan fingerprint density at radius 1 is 1.21 bits per heavy atom. The molecule has 0 spiro atoms. The summed E-state index contributed by atoms with van der Waals surface area (Å²) in [5, 5.41) is 1.88. The maximum atomic E-state index is 13.1. The van der Waals surface area contributed by atoms with Gasteiger partial charge in [0.2, 0.25) is 0 Å². The average molecular weight is 278 g/mol. The molecule has 0 aliphatic carbocycles. The molecule has 1 N–H and O–H groups in total. The number of alkyl halides is 3. The van der Waals surface area contributed by atoms with Crippen LogP contribution in [-0.4, -0.2) is 31.3 Å². The van der Waals surface area contributed by atoms with Crippen molar-refractivity contribution in [2.45, 2.75) is 12.7 Å². The van der Waals surface area contributed by atoms with Crippen molar-refractivity contribution < 1.29 is 22.3 Å². The van der Waals surface area contributed by atoms with Gasteiger partial charge in [-0.2, -0.15) is 13.2 Å². The van der Waals surface area contributed by atoms with Crippen molar-refractivity contribution >= 4 is 0 Å². The second-order valence-electron chi connectivity index (χ2n) is 4.25. The first-order valence-electron chi connectivity index (χ1n) is 5.88. The summed E-state index contributed by atoms with van der Waals surface area (Å²) in [6, 6.07) is 3.03. The average Bonchev–Trinajstić information content (AvgIpc) is 2.37. The van der Waals surface area contributed by atoms with Gasteiger partial charge in [0, 0.05) is 19.6 Å². The minimum Gasteiger partial charge on any atom is -0.379 e. The molecule has 1 heterocycles. The molecule has 7 heteroatoms. The highest BCUT2D eigenvalue weighted by molar-refractivity contribution is 5.27. The fourth-order valence-corrected chi connectivity index (χ4v) is 1.82. The minimum absolute atomic E-state index is 0.226. The Kier molecular flexibility index (Phi) is 4.38. The zero-order valence-corrected chi connectivity index (χ0v) is 10.1. The first kappa shape index (κ1) is 14.2. The van der Waals surface area contributed by atoms with Crippen molar-refractivity contribution in [1.29, 1.82) is 0 Å². The van der Waals surface area contributed by atoms with Crippen LogP contribution in [0.1, 0.15) is 11.1 Å². The SMILES string of the molecule is Fc1ccc(CNN2CCOCC2)cc1C(F)(F)F. The van der Waals surface area contributed by atoms with Crippen LogP contribution in [0.5, 0.6) is 0 Å². The largest absolute Gasteiger partial charge is 0.419 e. The number of benzene rings is 1. The Bertz CT molecular complexity index is 430. The van der Waals surface area contributed by atoms with E-state index in [9.17, 15) is 17.6 Å². The Morgan fingerprint density at radius 3 is 2.53 bits per heavy atom. The fraction of sp³-hybridized carbons (Fsp3) is 0.500. The van der Waals surface area contributed by atoms with Gasteiger partial charge in [0.15, 0.2) is 0 Å². The van der Waals surface area contributed by atoms with Gasteiger partial charge in [-0.25, -0.2) is 9.40 Å². The molecule has 1 aliphatic heterocycles. The summed E-state index contributed by atoms with van der Waals surface area (Å²) in [5.41, 5.74) is 2.16. The summed E-state index contributed by atoms with van der Waals surface area (Å²) in [4.78, 5) is 0. The predicted molar refractivity (Wildman–Crippen MR) is 60.6 cm³/mol. The highest BCUT2D eigenvalue weighted by atomic mass is 19.4.